The first kappa shape index (κ1) is 26.2. The van der Waals surface area contributed by atoms with Crippen molar-refractivity contribution in [2.45, 2.75) is 51.0 Å². The predicted octanol–water partition coefficient (Wildman–Crippen LogP) is 4.83. The molecule has 1 aliphatic carbocycles. The minimum absolute atomic E-state index is 0.0607. The van der Waals surface area contributed by atoms with E-state index < -0.39 is 11.7 Å². The normalized spacial score (nSPS) is 17.6. The van der Waals surface area contributed by atoms with E-state index in [-0.39, 0.29) is 30.0 Å². The molecule has 0 spiro atoms. The van der Waals surface area contributed by atoms with E-state index >= 15 is 0 Å². The number of aromatic nitrogens is 3. The van der Waals surface area contributed by atoms with Gasteiger partial charge in [0.25, 0.3) is 0 Å². The third-order valence-electron chi connectivity index (χ3n) is 6.36. The van der Waals surface area contributed by atoms with Gasteiger partial charge < -0.3 is 21.3 Å². The van der Waals surface area contributed by atoms with Gasteiger partial charge in [-0.2, -0.15) is 28.1 Å². The first-order chi connectivity index (χ1) is 17.8. The quantitative estimate of drug-likeness (QED) is 0.325. The van der Waals surface area contributed by atoms with Gasteiger partial charge in [-0.25, -0.2) is 0 Å². The summed E-state index contributed by atoms with van der Waals surface area (Å²) in [6.45, 7) is 0.421. The number of hydrogen-bond donors (Lipinski definition) is 4. The highest BCUT2D eigenvalue weighted by atomic mass is 19.4. The first-order valence-corrected chi connectivity index (χ1v) is 12.2. The molecule has 0 bridgehead atoms. The topological polar surface area (TPSA) is 104 Å². The standard InChI is InChI=1S/C26H30F3N7O/c1-30-23-34-24(32-15-17-7-3-2-4-8-17)36-25(35-23)33-20-13-11-18(12-14-20)22(37)31-16-19-9-5-6-10-21(19)26(27,28)29/h2-10,18,20H,11-16H2,1H3,(H,31,37)(H3,30,32,33,34,35,36). The van der Waals surface area contributed by atoms with Crippen molar-refractivity contribution in [3.63, 3.8) is 0 Å². The van der Waals surface area contributed by atoms with Gasteiger partial charge in [0.2, 0.25) is 23.8 Å². The van der Waals surface area contributed by atoms with Gasteiger partial charge in [0.1, 0.15) is 0 Å². The molecule has 8 nitrogen and oxygen atoms in total. The Bertz CT molecular complexity index is 1180. The first-order valence-electron chi connectivity index (χ1n) is 12.2. The number of carbonyl (C=O) groups excluding carboxylic acids is 1. The van der Waals surface area contributed by atoms with Crippen LogP contribution in [0.25, 0.3) is 0 Å². The predicted molar refractivity (Wildman–Crippen MR) is 136 cm³/mol. The Hall–Kier alpha value is -3.89. The molecule has 196 valence electrons. The van der Waals surface area contributed by atoms with Gasteiger partial charge >= 0.3 is 6.18 Å². The van der Waals surface area contributed by atoms with Crippen LogP contribution in [0.4, 0.5) is 31.0 Å². The summed E-state index contributed by atoms with van der Waals surface area (Å²) in [6, 6.07) is 15.3. The smallest absolute Gasteiger partial charge is 0.357 e. The second-order valence-corrected chi connectivity index (χ2v) is 8.96. The molecule has 1 aliphatic rings. The summed E-state index contributed by atoms with van der Waals surface area (Å²) in [4.78, 5) is 25.9. The molecule has 2 aromatic carbocycles. The summed E-state index contributed by atoms with van der Waals surface area (Å²) in [6.07, 6.45) is -1.79. The Morgan fingerprint density at radius 2 is 1.51 bits per heavy atom. The molecule has 0 atom stereocenters. The number of amides is 1. The lowest BCUT2D eigenvalue weighted by molar-refractivity contribution is -0.138. The third-order valence-corrected chi connectivity index (χ3v) is 6.36. The molecule has 1 fully saturated rings. The number of rotatable bonds is 9. The van der Waals surface area contributed by atoms with Crippen molar-refractivity contribution in [2.75, 3.05) is 23.0 Å². The van der Waals surface area contributed by atoms with E-state index in [1.165, 1.54) is 18.2 Å². The van der Waals surface area contributed by atoms with E-state index in [9.17, 15) is 18.0 Å². The molecule has 0 radical (unpaired) electrons. The Balaban J connectivity index is 1.29. The second kappa shape index (κ2) is 11.9. The van der Waals surface area contributed by atoms with Crippen molar-refractivity contribution >= 4 is 23.8 Å². The Morgan fingerprint density at radius 1 is 0.865 bits per heavy atom. The summed E-state index contributed by atoms with van der Waals surface area (Å²) in [5.41, 5.74) is 0.437. The molecule has 4 rings (SSSR count). The molecule has 3 aromatic rings. The largest absolute Gasteiger partial charge is 0.416 e. The van der Waals surface area contributed by atoms with Gasteiger partial charge in [0.05, 0.1) is 5.56 Å². The molecule has 0 unspecified atom stereocenters. The molecular weight excluding hydrogens is 483 g/mol. The van der Waals surface area contributed by atoms with Gasteiger partial charge in [-0.05, 0) is 42.9 Å². The van der Waals surface area contributed by atoms with Crippen molar-refractivity contribution in [3.8, 4) is 0 Å². The molecule has 37 heavy (non-hydrogen) atoms. The summed E-state index contributed by atoms with van der Waals surface area (Å²) in [7, 11) is 1.73. The lowest BCUT2D eigenvalue weighted by atomic mass is 9.85. The summed E-state index contributed by atoms with van der Waals surface area (Å²) < 4.78 is 39.6. The fourth-order valence-electron chi connectivity index (χ4n) is 4.37. The van der Waals surface area contributed by atoms with Crippen molar-refractivity contribution in [1.82, 2.24) is 20.3 Å². The number of carbonyl (C=O) groups is 1. The highest BCUT2D eigenvalue weighted by Crippen LogP contribution is 2.32. The molecule has 1 aromatic heterocycles. The van der Waals surface area contributed by atoms with E-state index in [0.29, 0.717) is 50.1 Å². The lowest BCUT2D eigenvalue weighted by Gasteiger charge is -2.28. The van der Waals surface area contributed by atoms with Crippen molar-refractivity contribution < 1.29 is 18.0 Å². The number of nitrogens with zero attached hydrogens (tertiary/aromatic N) is 3. The number of benzene rings is 2. The van der Waals surface area contributed by atoms with Crippen LogP contribution in [0.3, 0.4) is 0 Å². The minimum atomic E-state index is -4.45. The number of nitrogens with one attached hydrogen (secondary N) is 4. The Labute approximate surface area is 213 Å². The number of alkyl halides is 3. The van der Waals surface area contributed by atoms with Crippen LogP contribution in [-0.2, 0) is 24.1 Å². The average Bonchev–Trinajstić information content (AvgIpc) is 2.91. The summed E-state index contributed by atoms with van der Waals surface area (Å²) in [5.74, 6) is 0.843. The van der Waals surface area contributed by atoms with Crippen molar-refractivity contribution in [2.24, 2.45) is 5.92 Å². The van der Waals surface area contributed by atoms with Crippen LogP contribution in [0, 0.1) is 5.92 Å². The summed E-state index contributed by atoms with van der Waals surface area (Å²) >= 11 is 0. The minimum Gasteiger partial charge on any atom is -0.357 e. The van der Waals surface area contributed by atoms with E-state index in [2.05, 4.69) is 36.2 Å². The Morgan fingerprint density at radius 3 is 2.22 bits per heavy atom. The maximum atomic E-state index is 13.2. The van der Waals surface area contributed by atoms with Crippen molar-refractivity contribution in [3.05, 3.63) is 71.3 Å². The van der Waals surface area contributed by atoms with Crippen LogP contribution >= 0.6 is 0 Å². The van der Waals surface area contributed by atoms with Crippen LogP contribution in [-0.4, -0.2) is 33.9 Å². The molecule has 11 heteroatoms. The number of anilines is 3. The molecule has 1 amide bonds. The van der Waals surface area contributed by atoms with Gasteiger partial charge in [-0.15, -0.1) is 0 Å². The molecule has 0 aliphatic heterocycles. The van der Waals surface area contributed by atoms with Gasteiger partial charge in [0, 0.05) is 32.1 Å². The van der Waals surface area contributed by atoms with Crippen LogP contribution in [0.2, 0.25) is 0 Å². The molecule has 1 saturated carbocycles. The van der Waals surface area contributed by atoms with E-state index in [1.54, 1.807) is 7.05 Å². The lowest BCUT2D eigenvalue weighted by Crippen LogP contribution is -2.36. The fourth-order valence-corrected chi connectivity index (χ4v) is 4.37. The van der Waals surface area contributed by atoms with Crippen LogP contribution in [0.5, 0.6) is 0 Å². The van der Waals surface area contributed by atoms with Crippen molar-refractivity contribution in [1.29, 1.82) is 0 Å². The molecule has 4 N–H and O–H groups in total. The van der Waals surface area contributed by atoms with Crippen LogP contribution in [0.15, 0.2) is 54.6 Å². The molecule has 1 heterocycles. The SMILES string of the molecule is CNc1nc(NCc2ccccc2)nc(NC2CCC(C(=O)NCc3ccccc3C(F)(F)F)CC2)n1. The van der Waals surface area contributed by atoms with Crippen LogP contribution < -0.4 is 21.3 Å². The Kier molecular flexibility index (Phi) is 8.42. The van der Waals surface area contributed by atoms with Crippen LogP contribution in [0.1, 0.15) is 42.4 Å². The molecular formula is C26H30F3N7O. The monoisotopic (exact) mass is 513 g/mol. The highest BCUT2D eigenvalue weighted by molar-refractivity contribution is 5.78. The maximum Gasteiger partial charge on any atom is 0.416 e. The van der Waals surface area contributed by atoms with E-state index in [1.807, 2.05) is 30.3 Å². The number of halogens is 3. The zero-order valence-electron chi connectivity index (χ0n) is 20.5. The fraction of sp³-hybridized carbons (Fsp3) is 0.385. The zero-order valence-corrected chi connectivity index (χ0v) is 20.5. The van der Waals surface area contributed by atoms with E-state index in [0.717, 1.165) is 11.6 Å². The average molecular weight is 514 g/mol. The highest BCUT2D eigenvalue weighted by Gasteiger charge is 2.33. The zero-order chi connectivity index (χ0) is 26.3. The maximum absolute atomic E-state index is 13.2. The summed E-state index contributed by atoms with van der Waals surface area (Å²) in [5, 5.41) is 12.2. The van der Waals surface area contributed by atoms with Gasteiger partial charge in [0.15, 0.2) is 0 Å². The van der Waals surface area contributed by atoms with Gasteiger partial charge in [-0.1, -0.05) is 48.5 Å². The van der Waals surface area contributed by atoms with Gasteiger partial charge in [-0.3, -0.25) is 4.79 Å². The third kappa shape index (κ3) is 7.31. The number of hydrogen-bond acceptors (Lipinski definition) is 7. The van der Waals surface area contributed by atoms with E-state index in [4.69, 9.17) is 0 Å². The second-order valence-electron chi connectivity index (χ2n) is 8.96. The molecule has 0 saturated heterocycles.